The summed E-state index contributed by atoms with van der Waals surface area (Å²) in [5.41, 5.74) is 0. The minimum absolute atomic E-state index is 0.00546. The molecular formula is C17H25N5O3S. The Balaban J connectivity index is 1.41. The van der Waals surface area contributed by atoms with Crippen LogP contribution in [0.4, 0.5) is 0 Å². The van der Waals surface area contributed by atoms with Crippen molar-refractivity contribution in [3.05, 3.63) is 29.5 Å². The van der Waals surface area contributed by atoms with Crippen LogP contribution < -0.4 is 0 Å². The lowest BCUT2D eigenvalue weighted by Crippen LogP contribution is -2.34. The molecule has 8 nitrogen and oxygen atoms in total. The molecule has 1 atom stereocenters. The van der Waals surface area contributed by atoms with Crippen molar-refractivity contribution in [2.45, 2.75) is 49.2 Å². The van der Waals surface area contributed by atoms with Gasteiger partial charge in [0.1, 0.15) is 11.6 Å². The first-order chi connectivity index (χ1) is 12.4. The molecule has 1 aliphatic heterocycles. The zero-order valence-corrected chi connectivity index (χ0v) is 16.0. The van der Waals surface area contributed by atoms with E-state index < -0.39 is 10.0 Å². The SMILES string of the molecule is CN(C)S(=O)(=O)c1ccc(CN2CCC[C@H](c3n[nH]c(C4CC4)n3)C2)o1. The largest absolute Gasteiger partial charge is 0.447 e. The van der Waals surface area contributed by atoms with E-state index in [0.717, 1.165) is 41.9 Å². The van der Waals surface area contributed by atoms with Crippen molar-refractivity contribution < 1.29 is 12.8 Å². The summed E-state index contributed by atoms with van der Waals surface area (Å²) in [5.74, 6) is 3.50. The quantitative estimate of drug-likeness (QED) is 0.824. The van der Waals surface area contributed by atoms with Crippen LogP contribution in [-0.2, 0) is 16.6 Å². The number of aromatic nitrogens is 3. The fraction of sp³-hybridized carbons (Fsp3) is 0.647. The van der Waals surface area contributed by atoms with E-state index in [1.165, 1.54) is 33.0 Å². The van der Waals surface area contributed by atoms with Gasteiger partial charge in [-0.25, -0.2) is 17.7 Å². The van der Waals surface area contributed by atoms with Crippen LogP contribution in [0.3, 0.4) is 0 Å². The van der Waals surface area contributed by atoms with Crippen LogP contribution in [0, 0.1) is 0 Å². The standard InChI is InChI=1S/C17H25N5O3S/c1-21(2)26(23,24)15-8-7-14(25-15)11-22-9-3-4-13(10-22)17-18-16(19-20-17)12-5-6-12/h7-8,12-13H,3-6,9-11H2,1-2H3,(H,18,19,20)/t13-/m0/s1. The third-order valence-electron chi connectivity index (χ3n) is 5.11. The first-order valence-electron chi connectivity index (χ1n) is 9.09. The summed E-state index contributed by atoms with van der Waals surface area (Å²) < 4.78 is 31.0. The zero-order chi connectivity index (χ0) is 18.3. The molecule has 2 aromatic heterocycles. The average Bonchev–Trinajstić information content (AvgIpc) is 3.15. The van der Waals surface area contributed by atoms with Crippen LogP contribution in [0.2, 0.25) is 0 Å². The molecule has 2 aliphatic rings. The normalized spacial score (nSPS) is 22.2. The Bertz CT molecular complexity index is 869. The number of nitrogens with one attached hydrogen (secondary N) is 1. The highest BCUT2D eigenvalue weighted by molar-refractivity contribution is 7.88. The van der Waals surface area contributed by atoms with E-state index in [1.807, 2.05) is 0 Å². The van der Waals surface area contributed by atoms with Gasteiger partial charge in [0, 0.05) is 32.5 Å². The fourth-order valence-corrected chi connectivity index (χ4v) is 4.21. The number of piperidine rings is 1. The van der Waals surface area contributed by atoms with Crippen LogP contribution >= 0.6 is 0 Å². The van der Waals surface area contributed by atoms with E-state index in [-0.39, 0.29) is 5.09 Å². The van der Waals surface area contributed by atoms with E-state index >= 15 is 0 Å². The summed E-state index contributed by atoms with van der Waals surface area (Å²) in [6.07, 6.45) is 4.57. The Hall–Kier alpha value is -1.71. The molecule has 4 rings (SSSR count). The molecule has 9 heteroatoms. The van der Waals surface area contributed by atoms with Gasteiger partial charge >= 0.3 is 0 Å². The molecule has 1 saturated carbocycles. The first kappa shape index (κ1) is 17.7. The summed E-state index contributed by atoms with van der Waals surface area (Å²) in [4.78, 5) is 6.98. The van der Waals surface area contributed by atoms with Crippen molar-refractivity contribution in [2.24, 2.45) is 0 Å². The Kier molecular flexibility index (Phi) is 4.62. The molecule has 0 bridgehead atoms. The average molecular weight is 379 g/mol. The molecule has 3 heterocycles. The van der Waals surface area contributed by atoms with Gasteiger partial charge in [-0.1, -0.05) is 0 Å². The number of likely N-dealkylation sites (tertiary alicyclic amines) is 1. The van der Waals surface area contributed by atoms with Crippen molar-refractivity contribution in [3.63, 3.8) is 0 Å². The Morgan fingerprint density at radius 1 is 1.27 bits per heavy atom. The van der Waals surface area contributed by atoms with Crippen LogP contribution in [0.15, 0.2) is 21.6 Å². The smallest absolute Gasteiger partial charge is 0.275 e. The van der Waals surface area contributed by atoms with Gasteiger partial charge in [0.25, 0.3) is 10.0 Å². The second-order valence-electron chi connectivity index (χ2n) is 7.44. The topological polar surface area (TPSA) is 95.3 Å². The highest BCUT2D eigenvalue weighted by Gasteiger charge is 2.30. The lowest BCUT2D eigenvalue weighted by molar-refractivity contribution is 0.180. The maximum Gasteiger partial charge on any atom is 0.275 e. The van der Waals surface area contributed by atoms with Crippen molar-refractivity contribution in [1.29, 1.82) is 0 Å². The van der Waals surface area contributed by atoms with Gasteiger partial charge in [0.05, 0.1) is 6.54 Å². The third-order valence-corrected chi connectivity index (χ3v) is 6.80. The first-order valence-corrected chi connectivity index (χ1v) is 10.5. The van der Waals surface area contributed by atoms with E-state index in [2.05, 4.69) is 15.1 Å². The van der Waals surface area contributed by atoms with E-state index in [1.54, 1.807) is 6.07 Å². The van der Waals surface area contributed by atoms with Crippen molar-refractivity contribution in [2.75, 3.05) is 27.2 Å². The maximum absolute atomic E-state index is 12.1. The number of hydrogen-bond donors (Lipinski definition) is 1. The molecule has 0 unspecified atom stereocenters. The molecule has 1 N–H and O–H groups in total. The number of nitrogens with zero attached hydrogens (tertiary/aromatic N) is 4. The summed E-state index contributed by atoms with van der Waals surface area (Å²) >= 11 is 0. The number of H-pyrrole nitrogens is 1. The van der Waals surface area contributed by atoms with Gasteiger partial charge < -0.3 is 4.42 Å². The summed E-state index contributed by atoms with van der Waals surface area (Å²) in [5, 5.41) is 7.51. The Labute approximate surface area is 153 Å². The van der Waals surface area contributed by atoms with Crippen LogP contribution in [0.25, 0.3) is 0 Å². The molecule has 1 saturated heterocycles. The number of sulfonamides is 1. The summed E-state index contributed by atoms with van der Waals surface area (Å²) in [7, 11) is -0.527. The van der Waals surface area contributed by atoms with Gasteiger partial charge in [-0.2, -0.15) is 5.10 Å². The summed E-state index contributed by atoms with van der Waals surface area (Å²) in [6.45, 7) is 2.42. The Morgan fingerprint density at radius 2 is 2.08 bits per heavy atom. The molecule has 0 spiro atoms. The molecule has 1 aliphatic carbocycles. The second kappa shape index (κ2) is 6.79. The molecule has 2 fully saturated rings. The highest BCUT2D eigenvalue weighted by atomic mass is 32.2. The number of furan rings is 1. The predicted octanol–water partition coefficient (Wildman–Crippen LogP) is 1.90. The molecular weight excluding hydrogens is 354 g/mol. The van der Waals surface area contributed by atoms with Crippen molar-refractivity contribution in [3.8, 4) is 0 Å². The lowest BCUT2D eigenvalue weighted by Gasteiger charge is -2.30. The van der Waals surface area contributed by atoms with Gasteiger partial charge in [0.15, 0.2) is 5.82 Å². The molecule has 0 radical (unpaired) electrons. The lowest BCUT2D eigenvalue weighted by atomic mass is 9.97. The van der Waals surface area contributed by atoms with Crippen LogP contribution in [-0.4, -0.2) is 60.0 Å². The predicted molar refractivity (Wildman–Crippen MR) is 95.2 cm³/mol. The number of hydrogen-bond acceptors (Lipinski definition) is 6. The second-order valence-corrected chi connectivity index (χ2v) is 9.52. The molecule has 0 amide bonds. The minimum Gasteiger partial charge on any atom is -0.447 e. The molecule has 26 heavy (non-hydrogen) atoms. The van der Waals surface area contributed by atoms with Gasteiger partial charge in [-0.05, 0) is 44.4 Å². The number of aromatic amines is 1. The van der Waals surface area contributed by atoms with Crippen LogP contribution in [0.1, 0.15) is 54.9 Å². The van der Waals surface area contributed by atoms with E-state index in [0.29, 0.717) is 24.1 Å². The molecule has 2 aromatic rings. The monoisotopic (exact) mass is 379 g/mol. The summed E-state index contributed by atoms with van der Waals surface area (Å²) in [6, 6.07) is 3.28. The van der Waals surface area contributed by atoms with E-state index in [4.69, 9.17) is 9.40 Å². The molecule has 142 valence electrons. The zero-order valence-electron chi connectivity index (χ0n) is 15.2. The minimum atomic E-state index is -3.53. The van der Waals surface area contributed by atoms with Gasteiger partial charge in [-0.15, -0.1) is 0 Å². The third kappa shape index (κ3) is 3.56. The highest BCUT2D eigenvalue weighted by Crippen LogP contribution is 2.38. The number of rotatable bonds is 6. The van der Waals surface area contributed by atoms with Gasteiger partial charge in [-0.3, -0.25) is 10.00 Å². The van der Waals surface area contributed by atoms with Gasteiger partial charge in [0.2, 0.25) is 5.09 Å². The van der Waals surface area contributed by atoms with Crippen LogP contribution in [0.5, 0.6) is 0 Å². The fourth-order valence-electron chi connectivity index (χ4n) is 3.40. The Morgan fingerprint density at radius 3 is 2.81 bits per heavy atom. The van der Waals surface area contributed by atoms with E-state index in [9.17, 15) is 8.42 Å². The maximum atomic E-state index is 12.1. The van der Waals surface area contributed by atoms with Crippen molar-refractivity contribution >= 4 is 10.0 Å². The molecule has 0 aromatic carbocycles. The van der Waals surface area contributed by atoms with Crippen molar-refractivity contribution in [1.82, 2.24) is 24.4 Å².